The van der Waals surface area contributed by atoms with Crippen molar-refractivity contribution in [1.82, 2.24) is 10.6 Å². The first kappa shape index (κ1) is 17.4. The maximum atomic E-state index is 11.8. The molecular formula is C11H16Cl2N2O4S. The van der Waals surface area contributed by atoms with Gasteiger partial charge in [0.25, 0.3) is 0 Å². The van der Waals surface area contributed by atoms with E-state index in [9.17, 15) is 14.4 Å². The molecule has 9 heteroatoms. The molecule has 0 saturated heterocycles. The van der Waals surface area contributed by atoms with Gasteiger partial charge in [-0.1, -0.05) is 0 Å². The first-order chi connectivity index (χ1) is 9.14. The molecule has 1 aliphatic rings. The molecular weight excluding hydrogens is 327 g/mol. The Hall–Kier alpha value is -0.660. The number of carbonyl (C=O) groups is 3. The molecule has 0 bridgehead atoms. The number of nitrogens with one attached hydrogen (secondary N) is 2. The second-order valence-electron chi connectivity index (χ2n) is 4.81. The summed E-state index contributed by atoms with van der Waals surface area (Å²) in [5.74, 6) is -1.19. The lowest BCUT2D eigenvalue weighted by Crippen LogP contribution is -2.49. The summed E-state index contributed by atoms with van der Waals surface area (Å²) in [4.78, 5) is 34.4. The summed E-state index contributed by atoms with van der Waals surface area (Å²) >= 11 is 13.1. The minimum absolute atomic E-state index is 0.247. The molecule has 0 heterocycles. The Bertz CT molecular complexity index is 433. The normalized spacial score (nSPS) is 24.6. The molecule has 0 spiro atoms. The van der Waals surface area contributed by atoms with Crippen LogP contribution in [0.5, 0.6) is 0 Å². The molecule has 0 aromatic rings. The summed E-state index contributed by atoms with van der Waals surface area (Å²) < 4.78 is -1.18. The number of hydrogen-bond acceptors (Lipinski definition) is 4. The summed E-state index contributed by atoms with van der Waals surface area (Å²) in [7, 11) is 0. The lowest BCUT2D eigenvalue weighted by molar-refractivity contribution is -0.139. The van der Waals surface area contributed by atoms with Gasteiger partial charge in [0.1, 0.15) is 10.4 Å². The molecule has 1 rings (SSSR count). The third-order valence-electron chi connectivity index (χ3n) is 3.20. The largest absolute Gasteiger partial charge is 0.480 e. The number of halogens is 2. The van der Waals surface area contributed by atoms with Crippen molar-refractivity contribution in [1.29, 1.82) is 0 Å². The van der Waals surface area contributed by atoms with Crippen LogP contribution in [-0.2, 0) is 9.59 Å². The zero-order chi connectivity index (χ0) is 15.6. The topological polar surface area (TPSA) is 95.5 Å². The molecule has 0 aromatic carbocycles. The molecule has 0 radical (unpaired) electrons. The molecule has 2 atom stereocenters. The van der Waals surface area contributed by atoms with Crippen molar-refractivity contribution in [3.8, 4) is 0 Å². The number of rotatable bonds is 6. The smallest absolute Gasteiger partial charge is 0.326 e. The maximum Gasteiger partial charge on any atom is 0.326 e. The van der Waals surface area contributed by atoms with Crippen LogP contribution in [0.3, 0.4) is 0 Å². The number of hydrogen-bond donors (Lipinski definition) is 3. The zero-order valence-electron chi connectivity index (χ0n) is 11.0. The van der Waals surface area contributed by atoms with Gasteiger partial charge in [-0.15, -0.1) is 23.2 Å². The Morgan fingerprint density at radius 2 is 1.95 bits per heavy atom. The van der Waals surface area contributed by atoms with E-state index in [1.54, 1.807) is 0 Å². The van der Waals surface area contributed by atoms with Gasteiger partial charge in [0, 0.05) is 0 Å². The van der Waals surface area contributed by atoms with Crippen molar-refractivity contribution in [3.05, 3.63) is 0 Å². The fraction of sp³-hybridized carbons (Fsp3) is 0.727. The van der Waals surface area contributed by atoms with E-state index in [-0.39, 0.29) is 12.8 Å². The van der Waals surface area contributed by atoms with Gasteiger partial charge in [-0.25, -0.2) is 9.59 Å². The van der Waals surface area contributed by atoms with Crippen LogP contribution < -0.4 is 10.6 Å². The Morgan fingerprint density at radius 1 is 1.40 bits per heavy atom. The molecule has 0 aromatic heterocycles. The molecule has 6 nitrogen and oxygen atoms in total. The SMILES string of the molecule is CSCCC(NC(=O)NC(=O)C1(C)CC1(Cl)Cl)C(=O)O. The molecule has 1 aliphatic carbocycles. The fourth-order valence-corrected chi connectivity index (χ4v) is 2.75. The third kappa shape index (κ3) is 3.93. The number of carboxylic acid groups (broad SMARTS) is 1. The molecule has 1 fully saturated rings. The van der Waals surface area contributed by atoms with Gasteiger partial charge in [0.2, 0.25) is 5.91 Å². The monoisotopic (exact) mass is 342 g/mol. The average molecular weight is 343 g/mol. The van der Waals surface area contributed by atoms with Gasteiger partial charge in [-0.05, 0) is 31.8 Å². The van der Waals surface area contributed by atoms with Gasteiger partial charge in [-0.2, -0.15) is 11.8 Å². The van der Waals surface area contributed by atoms with Gasteiger partial charge >= 0.3 is 12.0 Å². The minimum atomic E-state index is -1.18. The molecule has 3 N–H and O–H groups in total. The Morgan fingerprint density at radius 3 is 2.35 bits per heavy atom. The standard InChI is InChI=1S/C11H16Cl2N2O4S/c1-10(5-11(10,12)13)8(18)15-9(19)14-6(7(16)17)3-4-20-2/h6H,3-5H2,1-2H3,(H,16,17)(H2,14,15,18,19). The van der Waals surface area contributed by atoms with Gasteiger partial charge in [0.15, 0.2) is 0 Å². The van der Waals surface area contributed by atoms with E-state index in [4.69, 9.17) is 28.3 Å². The summed E-state index contributed by atoms with van der Waals surface area (Å²) in [5.41, 5.74) is -1.02. The minimum Gasteiger partial charge on any atom is -0.480 e. The third-order valence-corrected chi connectivity index (χ3v) is 4.95. The number of thioether (sulfide) groups is 1. The second kappa shape index (κ2) is 6.41. The van der Waals surface area contributed by atoms with Crippen LogP contribution >= 0.6 is 35.0 Å². The van der Waals surface area contributed by atoms with E-state index in [0.29, 0.717) is 5.75 Å². The highest BCUT2D eigenvalue weighted by atomic mass is 35.5. The molecule has 3 amide bonds. The number of carbonyl (C=O) groups excluding carboxylic acids is 2. The highest BCUT2D eigenvalue weighted by Gasteiger charge is 2.68. The van der Waals surface area contributed by atoms with E-state index in [1.807, 2.05) is 6.26 Å². The van der Waals surface area contributed by atoms with Crippen LogP contribution in [0.25, 0.3) is 0 Å². The highest BCUT2D eigenvalue weighted by Crippen LogP contribution is 2.63. The summed E-state index contributed by atoms with van der Waals surface area (Å²) in [6.07, 6.45) is 2.35. The van der Waals surface area contributed by atoms with Crippen molar-refractivity contribution < 1.29 is 19.5 Å². The summed E-state index contributed by atoms with van der Waals surface area (Å²) in [5, 5.41) is 13.3. The average Bonchev–Trinajstić information content (AvgIpc) is 2.85. The summed E-state index contributed by atoms with van der Waals surface area (Å²) in [6, 6.07) is -1.90. The van der Waals surface area contributed by atoms with E-state index in [2.05, 4.69) is 10.6 Å². The Balaban J connectivity index is 2.50. The number of amides is 3. The van der Waals surface area contributed by atoms with E-state index >= 15 is 0 Å². The number of carboxylic acids is 1. The number of aliphatic carboxylic acids is 1. The first-order valence-electron chi connectivity index (χ1n) is 5.85. The molecule has 114 valence electrons. The van der Waals surface area contributed by atoms with Gasteiger partial charge < -0.3 is 10.4 Å². The Kier molecular flexibility index (Phi) is 5.57. The summed E-state index contributed by atoms with van der Waals surface area (Å²) in [6.45, 7) is 1.54. The lowest BCUT2D eigenvalue weighted by atomic mass is 10.1. The van der Waals surface area contributed by atoms with Crippen molar-refractivity contribution in [3.63, 3.8) is 0 Å². The van der Waals surface area contributed by atoms with Crippen molar-refractivity contribution in [2.75, 3.05) is 12.0 Å². The quantitative estimate of drug-likeness (QED) is 0.637. The number of imide groups is 1. The van der Waals surface area contributed by atoms with Crippen LogP contribution in [0.2, 0.25) is 0 Å². The number of alkyl halides is 2. The van der Waals surface area contributed by atoms with Crippen LogP contribution in [0.15, 0.2) is 0 Å². The molecule has 20 heavy (non-hydrogen) atoms. The molecule has 2 unspecified atom stereocenters. The van der Waals surface area contributed by atoms with Crippen molar-refractivity contribution in [2.45, 2.75) is 30.1 Å². The van der Waals surface area contributed by atoms with Crippen LogP contribution in [-0.4, -0.2) is 45.4 Å². The lowest BCUT2D eigenvalue weighted by Gasteiger charge is -2.16. The second-order valence-corrected chi connectivity index (χ2v) is 7.28. The highest BCUT2D eigenvalue weighted by molar-refractivity contribution is 7.98. The van der Waals surface area contributed by atoms with E-state index in [0.717, 1.165) is 0 Å². The van der Waals surface area contributed by atoms with Crippen LogP contribution in [0, 0.1) is 5.41 Å². The van der Waals surface area contributed by atoms with Crippen LogP contribution in [0.4, 0.5) is 4.79 Å². The maximum absolute atomic E-state index is 11.8. The molecule has 0 aliphatic heterocycles. The number of urea groups is 1. The van der Waals surface area contributed by atoms with Crippen molar-refractivity contribution in [2.24, 2.45) is 5.41 Å². The fourth-order valence-electron chi connectivity index (χ4n) is 1.57. The Labute approximate surface area is 130 Å². The van der Waals surface area contributed by atoms with E-state index in [1.165, 1.54) is 18.7 Å². The van der Waals surface area contributed by atoms with Gasteiger partial charge in [-0.3, -0.25) is 10.1 Å². The zero-order valence-corrected chi connectivity index (χ0v) is 13.4. The van der Waals surface area contributed by atoms with E-state index < -0.39 is 33.7 Å². The first-order valence-corrected chi connectivity index (χ1v) is 8.00. The van der Waals surface area contributed by atoms with Crippen molar-refractivity contribution >= 4 is 52.9 Å². The molecule has 1 saturated carbocycles. The van der Waals surface area contributed by atoms with Gasteiger partial charge in [0.05, 0.1) is 5.41 Å². The predicted octanol–water partition coefficient (Wildman–Crippen LogP) is 1.60. The predicted molar refractivity (Wildman–Crippen MR) is 78.3 cm³/mol. The van der Waals surface area contributed by atoms with Crippen LogP contribution in [0.1, 0.15) is 19.8 Å².